The van der Waals surface area contributed by atoms with Crippen LogP contribution in [0, 0.1) is 0 Å². The van der Waals surface area contributed by atoms with E-state index in [4.69, 9.17) is 11.6 Å². The maximum atomic E-state index is 6.31. The van der Waals surface area contributed by atoms with Crippen LogP contribution in [0.15, 0.2) is 35.5 Å². The average Bonchev–Trinajstić information content (AvgIpc) is 2.83. The van der Waals surface area contributed by atoms with Crippen molar-refractivity contribution in [3.63, 3.8) is 0 Å². The molecular weight excluding hydrogens is 287 g/mol. The number of aromatic nitrogens is 1. The van der Waals surface area contributed by atoms with Gasteiger partial charge < -0.3 is 5.32 Å². The van der Waals surface area contributed by atoms with Crippen molar-refractivity contribution in [1.82, 2.24) is 10.3 Å². The number of hydrogen-bond donors (Lipinski definition) is 1. The molecule has 1 fully saturated rings. The molecule has 1 aromatic heterocycles. The second-order valence-corrected chi connectivity index (χ2v) is 5.99. The van der Waals surface area contributed by atoms with Crippen molar-refractivity contribution in [2.24, 2.45) is 0 Å². The van der Waals surface area contributed by atoms with Crippen molar-refractivity contribution < 1.29 is 0 Å². The monoisotopic (exact) mass is 300 g/mol. The molecule has 0 spiro atoms. The summed E-state index contributed by atoms with van der Waals surface area (Å²) in [6.45, 7) is 2.20. The molecule has 1 N–H and O–H groups in total. The van der Waals surface area contributed by atoms with Gasteiger partial charge >= 0.3 is 0 Å². The topological polar surface area (TPSA) is 24.9 Å². The Balaban J connectivity index is 0.00000120. The fraction of sp³-hybridized carbons (Fsp3) is 0.308. The molecule has 0 amide bonds. The highest BCUT2D eigenvalue weighted by Crippen LogP contribution is 2.35. The smallest absolute Gasteiger partial charge is 0.0548 e. The molecule has 18 heavy (non-hydrogen) atoms. The Kier molecular flexibility index (Phi) is 4.73. The summed E-state index contributed by atoms with van der Waals surface area (Å²) in [5, 5.41) is 7.17. The maximum absolute atomic E-state index is 6.31. The van der Waals surface area contributed by atoms with E-state index < -0.39 is 0 Å². The number of pyridine rings is 1. The zero-order valence-electron chi connectivity index (χ0n) is 9.73. The van der Waals surface area contributed by atoms with Gasteiger partial charge in [-0.1, -0.05) is 11.6 Å². The van der Waals surface area contributed by atoms with Crippen LogP contribution in [0.2, 0.25) is 5.02 Å². The van der Waals surface area contributed by atoms with Gasteiger partial charge in [-0.3, -0.25) is 4.98 Å². The van der Waals surface area contributed by atoms with Crippen molar-refractivity contribution in [3.05, 3.63) is 35.6 Å². The zero-order chi connectivity index (χ0) is 11.7. The first-order chi connectivity index (χ1) is 8.33. The van der Waals surface area contributed by atoms with Crippen molar-refractivity contribution in [3.8, 4) is 0 Å². The highest BCUT2D eigenvalue weighted by atomic mass is 35.5. The van der Waals surface area contributed by atoms with E-state index in [1.807, 2.05) is 36.3 Å². The lowest BCUT2D eigenvalue weighted by Crippen LogP contribution is -2.09. The molecule has 0 bridgehead atoms. The summed E-state index contributed by atoms with van der Waals surface area (Å²) >= 11 is 8.19. The molecule has 0 aliphatic carbocycles. The average molecular weight is 301 g/mol. The van der Waals surface area contributed by atoms with Gasteiger partial charge in [-0.15, -0.1) is 24.2 Å². The molecule has 1 aliphatic heterocycles. The largest absolute Gasteiger partial charge is 0.316 e. The highest BCUT2D eigenvalue weighted by Gasteiger charge is 2.17. The second-order valence-electron chi connectivity index (χ2n) is 4.24. The zero-order valence-corrected chi connectivity index (χ0v) is 12.1. The molecule has 0 radical (unpaired) electrons. The fourth-order valence-corrected chi connectivity index (χ4v) is 3.55. The lowest BCUT2D eigenvalue weighted by atomic mass is 10.2. The van der Waals surface area contributed by atoms with E-state index in [9.17, 15) is 0 Å². The minimum atomic E-state index is 0. The predicted molar refractivity (Wildman–Crippen MR) is 81.1 cm³/mol. The number of halogens is 2. The molecule has 2 nitrogen and oxygen atoms in total. The van der Waals surface area contributed by atoms with Crippen molar-refractivity contribution >= 4 is 46.5 Å². The number of rotatable bonds is 2. The molecule has 2 aromatic rings. The molecule has 3 rings (SSSR count). The molecule has 5 heteroatoms. The van der Waals surface area contributed by atoms with Crippen molar-refractivity contribution in [2.45, 2.75) is 16.6 Å². The quantitative estimate of drug-likeness (QED) is 0.914. The number of hydrogen-bond acceptors (Lipinski definition) is 3. The van der Waals surface area contributed by atoms with Crippen molar-refractivity contribution in [1.29, 1.82) is 0 Å². The summed E-state index contributed by atoms with van der Waals surface area (Å²) in [6.07, 6.45) is 4.89. The van der Waals surface area contributed by atoms with E-state index in [1.165, 1.54) is 16.7 Å². The third kappa shape index (κ3) is 2.91. The van der Waals surface area contributed by atoms with Gasteiger partial charge in [0.25, 0.3) is 0 Å². The van der Waals surface area contributed by atoms with Crippen LogP contribution < -0.4 is 5.32 Å². The highest BCUT2D eigenvalue weighted by molar-refractivity contribution is 8.00. The molecule has 2 heterocycles. The standard InChI is InChI=1S/C13H13ClN2S.ClH/c14-12-5-10-7-15-3-1-9(10)6-13(12)17-11-2-4-16-8-11;/h1,3,5-7,11,16H,2,4,8H2;1H/t11-;/m0./s1. The minimum Gasteiger partial charge on any atom is -0.316 e. The summed E-state index contributed by atoms with van der Waals surface area (Å²) in [5.74, 6) is 0. The molecule has 0 saturated carbocycles. The van der Waals surface area contributed by atoms with Crippen LogP contribution in [0.3, 0.4) is 0 Å². The Morgan fingerprint density at radius 3 is 3.00 bits per heavy atom. The van der Waals surface area contributed by atoms with E-state index >= 15 is 0 Å². The minimum absolute atomic E-state index is 0. The van der Waals surface area contributed by atoms with Crippen LogP contribution in [0.5, 0.6) is 0 Å². The molecule has 1 saturated heterocycles. The lowest BCUT2D eigenvalue weighted by Gasteiger charge is -2.10. The first-order valence-corrected chi connectivity index (χ1v) is 6.99. The Morgan fingerprint density at radius 1 is 1.33 bits per heavy atom. The van der Waals surface area contributed by atoms with Crippen molar-refractivity contribution in [2.75, 3.05) is 13.1 Å². The van der Waals surface area contributed by atoms with E-state index in [2.05, 4.69) is 16.4 Å². The van der Waals surface area contributed by atoms with Gasteiger partial charge in [-0.05, 0) is 36.6 Å². The summed E-state index contributed by atoms with van der Waals surface area (Å²) in [7, 11) is 0. The molecule has 1 aromatic carbocycles. The van der Waals surface area contributed by atoms with Crippen LogP contribution in [-0.4, -0.2) is 23.3 Å². The van der Waals surface area contributed by atoms with Gasteiger partial charge in [-0.2, -0.15) is 0 Å². The second kappa shape index (κ2) is 6.11. The Labute approximate surface area is 122 Å². The van der Waals surface area contributed by atoms with Crippen LogP contribution in [0.25, 0.3) is 10.8 Å². The van der Waals surface area contributed by atoms with Crippen LogP contribution in [0.1, 0.15) is 6.42 Å². The Hall–Kier alpha value is -0.480. The van der Waals surface area contributed by atoms with Gasteiger partial charge in [0.15, 0.2) is 0 Å². The van der Waals surface area contributed by atoms with E-state index in [0.717, 1.165) is 23.5 Å². The summed E-state index contributed by atoms with van der Waals surface area (Å²) in [6, 6.07) is 6.21. The Bertz CT molecular complexity index is 542. The lowest BCUT2D eigenvalue weighted by molar-refractivity contribution is 0.858. The summed E-state index contributed by atoms with van der Waals surface area (Å²) in [5.41, 5.74) is 0. The first-order valence-electron chi connectivity index (χ1n) is 5.73. The number of fused-ring (bicyclic) bond motifs is 1. The normalized spacial score (nSPS) is 18.8. The Morgan fingerprint density at radius 2 is 2.22 bits per heavy atom. The number of nitrogens with zero attached hydrogens (tertiary/aromatic N) is 1. The van der Waals surface area contributed by atoms with Gasteiger partial charge in [0.2, 0.25) is 0 Å². The predicted octanol–water partition coefficient (Wildman–Crippen LogP) is 3.76. The van der Waals surface area contributed by atoms with E-state index in [-0.39, 0.29) is 12.4 Å². The van der Waals surface area contributed by atoms with Crippen LogP contribution in [-0.2, 0) is 0 Å². The molecule has 96 valence electrons. The first kappa shape index (κ1) is 13.9. The van der Waals surface area contributed by atoms with Crippen LogP contribution in [0.4, 0.5) is 0 Å². The fourth-order valence-electron chi connectivity index (χ4n) is 2.09. The summed E-state index contributed by atoms with van der Waals surface area (Å²) < 4.78 is 0. The third-order valence-electron chi connectivity index (χ3n) is 3.00. The van der Waals surface area contributed by atoms with Crippen LogP contribution >= 0.6 is 35.8 Å². The SMILES string of the molecule is Cl.Clc1cc2cnccc2cc1S[C@H]1CCNC1. The third-order valence-corrected chi connectivity index (χ3v) is 4.75. The molecule has 0 unspecified atom stereocenters. The van der Waals surface area contributed by atoms with Gasteiger partial charge in [0.05, 0.1) is 5.02 Å². The van der Waals surface area contributed by atoms with E-state index in [1.54, 1.807) is 0 Å². The van der Waals surface area contributed by atoms with Gasteiger partial charge in [-0.25, -0.2) is 0 Å². The molecular formula is C13H14Cl2N2S. The van der Waals surface area contributed by atoms with Gasteiger partial charge in [0.1, 0.15) is 0 Å². The number of nitrogens with one attached hydrogen (secondary N) is 1. The molecule has 1 aliphatic rings. The van der Waals surface area contributed by atoms with E-state index in [0.29, 0.717) is 5.25 Å². The number of thioether (sulfide) groups is 1. The summed E-state index contributed by atoms with van der Waals surface area (Å²) in [4.78, 5) is 5.29. The molecule has 1 atom stereocenters. The maximum Gasteiger partial charge on any atom is 0.0548 e. The number of benzene rings is 1. The van der Waals surface area contributed by atoms with Gasteiger partial charge in [0, 0.05) is 34.5 Å².